The molecule has 0 saturated carbocycles. The van der Waals surface area contributed by atoms with Gasteiger partial charge in [-0.25, -0.2) is 10.1 Å². The van der Waals surface area contributed by atoms with Crippen LogP contribution in [0.25, 0.3) is 11.5 Å². The van der Waals surface area contributed by atoms with E-state index >= 15 is 0 Å². The molecule has 4 heterocycles. The van der Waals surface area contributed by atoms with Gasteiger partial charge < -0.3 is 10.6 Å². The number of nitrogens with zero attached hydrogens (tertiary/aromatic N) is 11. The highest BCUT2D eigenvalue weighted by molar-refractivity contribution is 6.01. The number of hydrazone groups is 1. The molecule has 0 spiro atoms. The van der Waals surface area contributed by atoms with Gasteiger partial charge in [-0.15, -0.1) is 20.1 Å². The summed E-state index contributed by atoms with van der Waals surface area (Å²) in [6, 6.07) is 15.5. The second-order valence-corrected chi connectivity index (χ2v) is 8.48. The van der Waals surface area contributed by atoms with E-state index in [-0.39, 0.29) is 17.3 Å². The van der Waals surface area contributed by atoms with Crippen LogP contribution in [0.15, 0.2) is 64.6 Å². The molecule has 15 nitrogen and oxygen atoms in total. The molecule has 1 amide bonds. The van der Waals surface area contributed by atoms with Gasteiger partial charge in [0.25, 0.3) is 5.91 Å². The van der Waals surface area contributed by atoms with E-state index in [2.05, 4.69) is 57.5 Å². The number of para-hydroxylation sites is 1. The van der Waals surface area contributed by atoms with Crippen LogP contribution in [0.3, 0.4) is 0 Å². The van der Waals surface area contributed by atoms with Gasteiger partial charge in [0.05, 0.1) is 23.6 Å². The normalized spacial score (nSPS) is 13.1. The summed E-state index contributed by atoms with van der Waals surface area (Å²) in [5, 5.41) is 31.7. The van der Waals surface area contributed by atoms with Crippen LogP contribution < -0.4 is 16.1 Å². The first-order valence-electron chi connectivity index (χ1n) is 11.6. The Morgan fingerprint density at radius 3 is 2.87 bits per heavy atom. The number of carbonyl (C=O) groups excluding carboxylic acids is 1. The topological polar surface area (TPSA) is 184 Å². The van der Waals surface area contributed by atoms with E-state index in [4.69, 9.17) is 10.4 Å². The zero-order valence-corrected chi connectivity index (χ0v) is 20.1. The highest BCUT2D eigenvalue weighted by Crippen LogP contribution is 2.30. The maximum Gasteiger partial charge on any atom is 0.293 e. The molecular weight excluding hydrogens is 490 g/mol. The smallest absolute Gasteiger partial charge is 0.293 e. The second kappa shape index (κ2) is 9.53. The molecule has 2 aromatic carbocycles. The number of anilines is 2. The lowest BCUT2D eigenvalue weighted by molar-refractivity contribution is 0.0948. The van der Waals surface area contributed by atoms with E-state index in [0.29, 0.717) is 23.6 Å². The van der Waals surface area contributed by atoms with Crippen molar-refractivity contribution in [3.63, 3.8) is 0 Å². The third-order valence-corrected chi connectivity index (χ3v) is 6.17. The van der Waals surface area contributed by atoms with Crippen molar-refractivity contribution in [2.75, 3.05) is 17.2 Å². The van der Waals surface area contributed by atoms with Crippen molar-refractivity contribution in [1.29, 1.82) is 0 Å². The van der Waals surface area contributed by atoms with Gasteiger partial charge in [-0.1, -0.05) is 35.5 Å². The molecule has 1 aliphatic heterocycles. The van der Waals surface area contributed by atoms with Crippen LogP contribution in [0.5, 0.6) is 0 Å². The van der Waals surface area contributed by atoms with Gasteiger partial charge in [0.1, 0.15) is 0 Å². The van der Waals surface area contributed by atoms with Crippen LogP contribution in [-0.2, 0) is 13.0 Å². The average Bonchev–Trinajstić information content (AvgIpc) is 3.75. The Hall–Kier alpha value is -5.47. The Bertz CT molecular complexity index is 1640. The molecule has 0 bridgehead atoms. The quantitative estimate of drug-likeness (QED) is 0.234. The molecule has 0 unspecified atom stereocenters. The molecule has 6 rings (SSSR count). The lowest BCUT2D eigenvalue weighted by Crippen LogP contribution is -2.26. The van der Waals surface area contributed by atoms with Gasteiger partial charge in [0, 0.05) is 12.2 Å². The third kappa shape index (κ3) is 4.21. The maximum atomic E-state index is 13.3. The Labute approximate surface area is 214 Å². The van der Waals surface area contributed by atoms with Gasteiger partial charge in [0.2, 0.25) is 11.6 Å². The molecule has 5 aromatic rings. The summed E-state index contributed by atoms with van der Waals surface area (Å²) in [5.74, 6) is -0.361. The molecule has 15 heteroatoms. The van der Waals surface area contributed by atoms with Crippen molar-refractivity contribution in [2.24, 2.45) is 5.10 Å². The SMILES string of the molecule is C/C(=N\NC(=O)c1nnn(-c2nonc2N)c1CN1CCc2ccccc21)c1cccc(-n2ncnn2)c1. The zero-order chi connectivity index (χ0) is 26.1. The first-order chi connectivity index (χ1) is 18.6. The molecule has 0 radical (unpaired) electrons. The minimum Gasteiger partial charge on any atom is -0.378 e. The van der Waals surface area contributed by atoms with Gasteiger partial charge >= 0.3 is 0 Å². The molecule has 38 heavy (non-hydrogen) atoms. The summed E-state index contributed by atoms with van der Waals surface area (Å²) in [7, 11) is 0. The van der Waals surface area contributed by atoms with Crippen LogP contribution in [-0.4, -0.2) is 63.7 Å². The van der Waals surface area contributed by atoms with Crippen LogP contribution >= 0.6 is 0 Å². The minimum absolute atomic E-state index is 0.0283. The fraction of sp³-hybridized carbons (Fsp3) is 0.174. The van der Waals surface area contributed by atoms with E-state index in [1.807, 2.05) is 42.5 Å². The van der Waals surface area contributed by atoms with Crippen molar-refractivity contribution in [3.05, 3.63) is 77.4 Å². The first-order valence-corrected chi connectivity index (χ1v) is 11.6. The second-order valence-electron chi connectivity index (χ2n) is 8.48. The van der Waals surface area contributed by atoms with E-state index in [9.17, 15) is 4.79 Å². The predicted molar refractivity (Wildman–Crippen MR) is 134 cm³/mol. The summed E-state index contributed by atoms with van der Waals surface area (Å²) in [6.45, 7) is 2.87. The van der Waals surface area contributed by atoms with Crippen LogP contribution in [0, 0.1) is 0 Å². The number of nitrogens with one attached hydrogen (secondary N) is 1. The molecule has 0 atom stereocenters. The number of tetrazole rings is 1. The van der Waals surface area contributed by atoms with Gasteiger partial charge in [0.15, 0.2) is 12.0 Å². The Morgan fingerprint density at radius 1 is 1.16 bits per heavy atom. The van der Waals surface area contributed by atoms with E-state index in [1.165, 1.54) is 21.4 Å². The number of hydrogen-bond acceptors (Lipinski definition) is 12. The number of nitrogens with two attached hydrogens (primary N) is 1. The van der Waals surface area contributed by atoms with Gasteiger partial charge in [-0.2, -0.15) is 9.78 Å². The molecule has 3 aromatic heterocycles. The molecular formula is C23H21N13O2. The minimum atomic E-state index is -0.540. The highest BCUT2D eigenvalue weighted by atomic mass is 16.6. The van der Waals surface area contributed by atoms with Crippen LogP contribution in [0.1, 0.15) is 34.2 Å². The van der Waals surface area contributed by atoms with Crippen LogP contribution in [0.2, 0.25) is 0 Å². The van der Waals surface area contributed by atoms with Crippen molar-refractivity contribution in [3.8, 4) is 11.5 Å². The third-order valence-electron chi connectivity index (χ3n) is 6.17. The van der Waals surface area contributed by atoms with Gasteiger partial charge in [-0.3, -0.25) is 4.79 Å². The Morgan fingerprint density at radius 2 is 2.05 bits per heavy atom. The molecule has 3 N–H and O–H groups in total. The number of rotatable bonds is 7. The van der Waals surface area contributed by atoms with Crippen LogP contribution in [0.4, 0.5) is 11.5 Å². The summed E-state index contributed by atoms with van der Waals surface area (Å²) in [6.07, 6.45) is 2.24. The van der Waals surface area contributed by atoms with Crippen molar-refractivity contribution < 1.29 is 9.42 Å². The Kier molecular flexibility index (Phi) is 5.76. The number of aromatic nitrogens is 9. The number of nitrogen functional groups attached to an aromatic ring is 1. The van der Waals surface area contributed by atoms with Crippen molar-refractivity contribution in [1.82, 2.24) is 50.9 Å². The number of carbonyl (C=O) groups is 1. The highest BCUT2D eigenvalue weighted by Gasteiger charge is 2.28. The summed E-state index contributed by atoms with van der Waals surface area (Å²) < 4.78 is 6.12. The average molecular weight is 512 g/mol. The summed E-state index contributed by atoms with van der Waals surface area (Å²) in [5.41, 5.74) is 13.4. The Balaban J connectivity index is 1.28. The predicted octanol–water partition coefficient (Wildman–Crippen LogP) is 0.925. The molecule has 190 valence electrons. The summed E-state index contributed by atoms with van der Waals surface area (Å²) in [4.78, 5) is 16.8. The monoisotopic (exact) mass is 511 g/mol. The van der Waals surface area contributed by atoms with Gasteiger partial charge in [-0.05, 0) is 58.2 Å². The number of hydrogen-bond donors (Lipinski definition) is 2. The number of benzene rings is 2. The maximum absolute atomic E-state index is 13.3. The number of amides is 1. The first kappa shape index (κ1) is 23.0. The molecule has 0 fully saturated rings. The fourth-order valence-electron chi connectivity index (χ4n) is 4.27. The lowest BCUT2D eigenvalue weighted by atomic mass is 10.1. The fourth-order valence-corrected chi connectivity index (χ4v) is 4.27. The summed E-state index contributed by atoms with van der Waals surface area (Å²) >= 11 is 0. The number of fused-ring (bicyclic) bond motifs is 1. The standard InChI is InChI=1S/C23H21N13O2/c1-14(16-6-4-7-17(11-16)36-26-13-25-32-36)27-29-23(37)20-19(35(33-28-20)22-21(24)30-38-31-22)12-34-10-9-15-5-2-3-8-18(15)34/h2-8,11,13H,9-10,12H2,1H3,(H2,24,30)(H,29,37)/b27-14+. The molecule has 0 aliphatic carbocycles. The van der Waals surface area contributed by atoms with Crippen molar-refractivity contribution >= 4 is 23.1 Å². The molecule has 1 aliphatic rings. The van der Waals surface area contributed by atoms with Crippen molar-refractivity contribution in [2.45, 2.75) is 19.9 Å². The van der Waals surface area contributed by atoms with E-state index in [1.54, 1.807) is 6.92 Å². The van der Waals surface area contributed by atoms with E-state index in [0.717, 1.165) is 24.2 Å². The molecule has 0 saturated heterocycles. The zero-order valence-electron chi connectivity index (χ0n) is 20.1. The lowest BCUT2D eigenvalue weighted by Gasteiger charge is -2.19. The largest absolute Gasteiger partial charge is 0.378 e. The van der Waals surface area contributed by atoms with E-state index < -0.39 is 5.91 Å².